The van der Waals surface area contributed by atoms with Crippen LogP contribution in [0.15, 0.2) is 48.5 Å². The minimum absolute atomic E-state index is 0.724. The van der Waals surface area contributed by atoms with E-state index in [-0.39, 0.29) is 0 Å². The van der Waals surface area contributed by atoms with Gasteiger partial charge < -0.3 is 14.5 Å². The summed E-state index contributed by atoms with van der Waals surface area (Å²) in [5, 5.41) is 0. The minimum atomic E-state index is 0.724. The fraction of sp³-hybridized carbons (Fsp3) is 0.429. The number of hydrogen-bond donors (Lipinski definition) is 0. The third-order valence-corrected chi connectivity index (χ3v) is 3.81. The monoisotopic (exact) mass is 328 g/mol. The molecular weight excluding hydrogens is 296 g/mol. The molecule has 2 aromatic carbocycles. The molecule has 0 amide bonds. The molecule has 0 atom stereocenters. The number of benzene rings is 2. The third-order valence-electron chi connectivity index (χ3n) is 3.81. The zero-order valence-electron chi connectivity index (χ0n) is 16.0. The summed E-state index contributed by atoms with van der Waals surface area (Å²) in [6.07, 6.45) is 0. The van der Waals surface area contributed by atoms with Crippen molar-refractivity contribution in [2.45, 2.75) is 27.7 Å². The van der Waals surface area contributed by atoms with Crippen LogP contribution in [-0.2, 0) is 0 Å². The molecule has 0 aliphatic carbocycles. The Hall–Kier alpha value is -2.16. The SMILES string of the molecule is CCOc1cccc(N(CC)CC)c1.Cc1ccc(N(C)C)cc1. The number of aryl methyl sites for hydroxylation is 1. The van der Waals surface area contributed by atoms with Crippen LogP contribution in [0.3, 0.4) is 0 Å². The lowest BCUT2D eigenvalue weighted by molar-refractivity contribution is 0.340. The Morgan fingerprint density at radius 3 is 1.96 bits per heavy atom. The Labute approximate surface area is 147 Å². The molecule has 2 aromatic rings. The Bertz CT molecular complexity index is 575. The van der Waals surface area contributed by atoms with Gasteiger partial charge in [0.2, 0.25) is 0 Å². The van der Waals surface area contributed by atoms with Crippen molar-refractivity contribution in [3.63, 3.8) is 0 Å². The molecular formula is C21H32N2O. The molecule has 0 aromatic heterocycles. The van der Waals surface area contributed by atoms with E-state index in [4.69, 9.17) is 4.74 Å². The van der Waals surface area contributed by atoms with Crippen molar-refractivity contribution in [1.82, 2.24) is 0 Å². The van der Waals surface area contributed by atoms with E-state index in [2.05, 4.69) is 67.0 Å². The van der Waals surface area contributed by atoms with E-state index in [9.17, 15) is 0 Å². The molecule has 0 spiro atoms. The maximum Gasteiger partial charge on any atom is 0.121 e. The van der Waals surface area contributed by atoms with Crippen LogP contribution in [-0.4, -0.2) is 33.8 Å². The van der Waals surface area contributed by atoms with Crippen molar-refractivity contribution in [1.29, 1.82) is 0 Å². The van der Waals surface area contributed by atoms with Crippen LogP contribution >= 0.6 is 0 Å². The van der Waals surface area contributed by atoms with E-state index in [1.807, 2.05) is 33.2 Å². The largest absolute Gasteiger partial charge is 0.494 e. The number of rotatable bonds is 6. The van der Waals surface area contributed by atoms with Gasteiger partial charge in [0.15, 0.2) is 0 Å². The highest BCUT2D eigenvalue weighted by atomic mass is 16.5. The van der Waals surface area contributed by atoms with Gasteiger partial charge in [0.25, 0.3) is 0 Å². The lowest BCUT2D eigenvalue weighted by Gasteiger charge is -2.21. The molecule has 0 heterocycles. The smallest absolute Gasteiger partial charge is 0.121 e. The first-order valence-electron chi connectivity index (χ1n) is 8.73. The standard InChI is InChI=1S/C12H19NO.C9H13N/c1-4-13(5-2)11-8-7-9-12(10-11)14-6-3;1-8-4-6-9(7-5-8)10(2)3/h7-10H,4-6H2,1-3H3;4-7H,1-3H3. The Morgan fingerprint density at radius 2 is 1.46 bits per heavy atom. The topological polar surface area (TPSA) is 15.7 Å². The van der Waals surface area contributed by atoms with Crippen LogP contribution in [0.2, 0.25) is 0 Å². The van der Waals surface area contributed by atoms with E-state index in [0.717, 1.165) is 25.4 Å². The summed E-state index contributed by atoms with van der Waals surface area (Å²) >= 11 is 0. The van der Waals surface area contributed by atoms with Crippen molar-refractivity contribution in [2.75, 3.05) is 43.6 Å². The fourth-order valence-electron chi connectivity index (χ4n) is 2.37. The predicted molar refractivity (Wildman–Crippen MR) is 107 cm³/mol. The van der Waals surface area contributed by atoms with Crippen molar-refractivity contribution < 1.29 is 4.74 Å². The molecule has 24 heavy (non-hydrogen) atoms. The average molecular weight is 329 g/mol. The van der Waals surface area contributed by atoms with Crippen LogP contribution in [0.5, 0.6) is 5.75 Å². The molecule has 3 nitrogen and oxygen atoms in total. The quantitative estimate of drug-likeness (QED) is 0.743. The maximum absolute atomic E-state index is 5.46. The van der Waals surface area contributed by atoms with Gasteiger partial charge >= 0.3 is 0 Å². The lowest BCUT2D eigenvalue weighted by Crippen LogP contribution is -2.21. The highest BCUT2D eigenvalue weighted by Gasteiger charge is 2.02. The van der Waals surface area contributed by atoms with E-state index >= 15 is 0 Å². The fourth-order valence-corrected chi connectivity index (χ4v) is 2.37. The van der Waals surface area contributed by atoms with Gasteiger partial charge in [0.05, 0.1) is 6.61 Å². The Balaban J connectivity index is 0.000000254. The zero-order chi connectivity index (χ0) is 17.9. The van der Waals surface area contributed by atoms with Crippen molar-refractivity contribution >= 4 is 11.4 Å². The minimum Gasteiger partial charge on any atom is -0.494 e. The molecule has 0 bridgehead atoms. The van der Waals surface area contributed by atoms with Crippen LogP contribution in [0.25, 0.3) is 0 Å². The average Bonchev–Trinajstić information content (AvgIpc) is 2.58. The molecule has 0 aliphatic heterocycles. The van der Waals surface area contributed by atoms with Gasteiger partial charge in [0.1, 0.15) is 5.75 Å². The first-order valence-corrected chi connectivity index (χ1v) is 8.73. The number of nitrogens with zero attached hydrogens (tertiary/aromatic N) is 2. The van der Waals surface area contributed by atoms with E-state index in [1.54, 1.807) is 0 Å². The van der Waals surface area contributed by atoms with Gasteiger partial charge in [-0.25, -0.2) is 0 Å². The van der Waals surface area contributed by atoms with Crippen molar-refractivity contribution in [3.8, 4) is 5.75 Å². The Kier molecular flexibility index (Phi) is 8.77. The van der Waals surface area contributed by atoms with E-state index < -0.39 is 0 Å². The second-order valence-electron chi connectivity index (χ2n) is 5.83. The van der Waals surface area contributed by atoms with Crippen LogP contribution in [0.1, 0.15) is 26.3 Å². The van der Waals surface area contributed by atoms with E-state index in [0.29, 0.717) is 0 Å². The molecule has 0 aliphatic rings. The summed E-state index contributed by atoms with van der Waals surface area (Å²) in [4.78, 5) is 4.40. The first-order chi connectivity index (χ1) is 11.5. The molecule has 0 N–H and O–H groups in total. The van der Waals surface area contributed by atoms with Gasteiger partial charge in [-0.2, -0.15) is 0 Å². The first kappa shape index (κ1) is 19.9. The zero-order valence-corrected chi connectivity index (χ0v) is 16.0. The summed E-state index contributed by atoms with van der Waals surface area (Å²) in [5.74, 6) is 0.955. The van der Waals surface area contributed by atoms with Crippen LogP contribution in [0.4, 0.5) is 11.4 Å². The number of hydrogen-bond acceptors (Lipinski definition) is 3. The molecule has 3 heteroatoms. The highest BCUT2D eigenvalue weighted by Crippen LogP contribution is 2.20. The second kappa shape index (κ2) is 10.6. The van der Waals surface area contributed by atoms with Gasteiger partial charge in [-0.15, -0.1) is 0 Å². The summed E-state index contributed by atoms with van der Waals surface area (Å²) < 4.78 is 5.46. The van der Waals surface area contributed by atoms with Gasteiger partial charge in [-0.1, -0.05) is 23.8 Å². The molecule has 2 rings (SSSR count). The summed E-state index contributed by atoms with van der Waals surface area (Å²) in [6, 6.07) is 16.7. The summed E-state index contributed by atoms with van der Waals surface area (Å²) in [7, 11) is 4.09. The van der Waals surface area contributed by atoms with Crippen molar-refractivity contribution in [2.24, 2.45) is 0 Å². The number of ether oxygens (including phenoxy) is 1. The molecule has 0 unspecified atom stereocenters. The summed E-state index contributed by atoms with van der Waals surface area (Å²) in [6.45, 7) is 11.2. The number of anilines is 2. The van der Waals surface area contributed by atoms with Gasteiger partial charge in [-0.05, 0) is 52.0 Å². The highest BCUT2D eigenvalue weighted by molar-refractivity contribution is 5.50. The lowest BCUT2D eigenvalue weighted by atomic mass is 10.2. The van der Waals surface area contributed by atoms with Crippen LogP contribution in [0, 0.1) is 6.92 Å². The molecule has 0 saturated heterocycles. The Morgan fingerprint density at radius 1 is 0.833 bits per heavy atom. The molecule has 0 fully saturated rings. The summed E-state index contributed by atoms with van der Waals surface area (Å²) in [5.41, 5.74) is 3.80. The molecule has 0 saturated carbocycles. The van der Waals surface area contributed by atoms with E-state index in [1.165, 1.54) is 16.9 Å². The van der Waals surface area contributed by atoms with Gasteiger partial charge in [0, 0.05) is 44.6 Å². The molecule has 0 radical (unpaired) electrons. The second-order valence-corrected chi connectivity index (χ2v) is 5.83. The maximum atomic E-state index is 5.46. The normalized spacial score (nSPS) is 9.75. The van der Waals surface area contributed by atoms with Crippen LogP contribution < -0.4 is 14.5 Å². The third kappa shape index (κ3) is 6.53. The van der Waals surface area contributed by atoms with Gasteiger partial charge in [-0.3, -0.25) is 0 Å². The molecule has 132 valence electrons. The van der Waals surface area contributed by atoms with Crippen molar-refractivity contribution in [3.05, 3.63) is 54.1 Å². The predicted octanol–water partition coefficient (Wildman–Crippen LogP) is 4.99.